The summed E-state index contributed by atoms with van der Waals surface area (Å²) in [6, 6.07) is 6.46. The van der Waals surface area contributed by atoms with Gasteiger partial charge in [-0.15, -0.1) is 0 Å². The predicted octanol–water partition coefficient (Wildman–Crippen LogP) is 3.88. The lowest BCUT2D eigenvalue weighted by atomic mass is 10.0. The highest BCUT2D eigenvalue weighted by atomic mass is 15.0. The van der Waals surface area contributed by atoms with Crippen molar-refractivity contribution in [2.24, 2.45) is 5.73 Å². The fourth-order valence-electron chi connectivity index (χ4n) is 2.34. The zero-order chi connectivity index (χ0) is 13.8. The Morgan fingerprint density at radius 3 is 2.79 bits per heavy atom. The molecular formula is C16H23N3. The molecule has 3 heteroatoms. The van der Waals surface area contributed by atoms with E-state index in [1.807, 2.05) is 6.20 Å². The van der Waals surface area contributed by atoms with Crippen molar-refractivity contribution in [3.8, 4) is 11.3 Å². The van der Waals surface area contributed by atoms with Gasteiger partial charge in [-0.05, 0) is 25.8 Å². The van der Waals surface area contributed by atoms with E-state index in [2.05, 4.69) is 48.9 Å². The summed E-state index contributed by atoms with van der Waals surface area (Å²) in [5.41, 5.74) is 10.9. The van der Waals surface area contributed by atoms with Crippen LogP contribution >= 0.6 is 0 Å². The summed E-state index contributed by atoms with van der Waals surface area (Å²) in [5.74, 6) is 0.892. The molecule has 0 fully saturated rings. The van der Waals surface area contributed by atoms with Gasteiger partial charge < -0.3 is 10.7 Å². The molecule has 1 aromatic carbocycles. The topological polar surface area (TPSA) is 54.7 Å². The van der Waals surface area contributed by atoms with Crippen molar-refractivity contribution in [3.05, 3.63) is 41.3 Å². The second-order valence-electron chi connectivity index (χ2n) is 5.25. The van der Waals surface area contributed by atoms with Crippen LogP contribution in [0.1, 0.15) is 49.2 Å². The number of imidazole rings is 1. The van der Waals surface area contributed by atoms with Gasteiger partial charge in [0.15, 0.2) is 0 Å². The molecule has 0 saturated heterocycles. The van der Waals surface area contributed by atoms with Gasteiger partial charge in [0, 0.05) is 5.56 Å². The molecule has 0 bridgehead atoms. The smallest absolute Gasteiger partial charge is 0.123 e. The molecule has 19 heavy (non-hydrogen) atoms. The van der Waals surface area contributed by atoms with Crippen LogP contribution in [0.25, 0.3) is 11.3 Å². The fourth-order valence-corrected chi connectivity index (χ4v) is 2.34. The number of unbranched alkanes of at least 4 members (excludes halogenated alkanes) is 1. The highest BCUT2D eigenvalue weighted by Crippen LogP contribution is 2.24. The van der Waals surface area contributed by atoms with Gasteiger partial charge in [0.1, 0.15) is 5.82 Å². The van der Waals surface area contributed by atoms with Gasteiger partial charge in [0.25, 0.3) is 0 Å². The quantitative estimate of drug-likeness (QED) is 0.854. The zero-order valence-corrected chi connectivity index (χ0v) is 12.0. The molecule has 0 aliphatic heterocycles. The van der Waals surface area contributed by atoms with Crippen molar-refractivity contribution in [2.75, 3.05) is 0 Å². The van der Waals surface area contributed by atoms with Gasteiger partial charge in [0.2, 0.25) is 0 Å². The van der Waals surface area contributed by atoms with E-state index < -0.39 is 0 Å². The van der Waals surface area contributed by atoms with Crippen molar-refractivity contribution < 1.29 is 0 Å². The molecule has 0 aliphatic carbocycles. The third kappa shape index (κ3) is 3.24. The molecule has 2 rings (SSSR count). The Kier molecular flexibility index (Phi) is 4.38. The summed E-state index contributed by atoms with van der Waals surface area (Å²) in [6.07, 6.45) is 5.17. The number of aromatic nitrogens is 2. The van der Waals surface area contributed by atoms with Gasteiger partial charge in [-0.25, -0.2) is 4.98 Å². The third-order valence-electron chi connectivity index (χ3n) is 3.49. The molecule has 102 valence electrons. The first-order valence-corrected chi connectivity index (χ1v) is 7.00. The van der Waals surface area contributed by atoms with Gasteiger partial charge in [-0.3, -0.25) is 0 Å². The Bertz CT molecular complexity index is 543. The van der Waals surface area contributed by atoms with Crippen LogP contribution in [0.5, 0.6) is 0 Å². The van der Waals surface area contributed by atoms with Crippen molar-refractivity contribution in [1.82, 2.24) is 9.97 Å². The van der Waals surface area contributed by atoms with E-state index in [0.717, 1.165) is 24.4 Å². The minimum absolute atomic E-state index is 0.0134. The van der Waals surface area contributed by atoms with Crippen LogP contribution in [0.15, 0.2) is 24.4 Å². The molecule has 0 radical (unpaired) electrons. The molecule has 1 heterocycles. The van der Waals surface area contributed by atoms with E-state index in [-0.39, 0.29) is 6.04 Å². The summed E-state index contributed by atoms with van der Waals surface area (Å²) in [4.78, 5) is 7.79. The molecule has 1 aromatic heterocycles. The SMILES string of the molecule is CCCCC(N)c1ncc(-c2ccc(C)cc2C)[nH]1. The number of nitrogens with two attached hydrogens (primary N) is 1. The van der Waals surface area contributed by atoms with Crippen LogP contribution in [0.3, 0.4) is 0 Å². The van der Waals surface area contributed by atoms with E-state index >= 15 is 0 Å². The average molecular weight is 257 g/mol. The number of aryl methyl sites for hydroxylation is 2. The van der Waals surface area contributed by atoms with E-state index in [0.29, 0.717) is 0 Å². The van der Waals surface area contributed by atoms with E-state index in [1.165, 1.54) is 23.1 Å². The molecule has 3 nitrogen and oxygen atoms in total. The van der Waals surface area contributed by atoms with Gasteiger partial charge in [-0.2, -0.15) is 0 Å². The summed E-state index contributed by atoms with van der Waals surface area (Å²) >= 11 is 0. The maximum atomic E-state index is 6.14. The van der Waals surface area contributed by atoms with Crippen LogP contribution in [0, 0.1) is 13.8 Å². The van der Waals surface area contributed by atoms with E-state index in [4.69, 9.17) is 5.73 Å². The number of nitrogens with one attached hydrogen (secondary N) is 1. The number of H-pyrrole nitrogens is 1. The minimum atomic E-state index is 0.0134. The highest BCUT2D eigenvalue weighted by molar-refractivity contribution is 5.63. The number of rotatable bonds is 5. The fraction of sp³-hybridized carbons (Fsp3) is 0.438. The largest absolute Gasteiger partial charge is 0.341 e. The monoisotopic (exact) mass is 257 g/mol. The first-order valence-electron chi connectivity index (χ1n) is 7.00. The summed E-state index contributed by atoms with van der Waals surface area (Å²) in [6.45, 7) is 6.41. The highest BCUT2D eigenvalue weighted by Gasteiger charge is 2.11. The lowest BCUT2D eigenvalue weighted by Crippen LogP contribution is -2.11. The lowest BCUT2D eigenvalue weighted by molar-refractivity contribution is 0.580. The van der Waals surface area contributed by atoms with Crippen LogP contribution < -0.4 is 5.73 Å². The Morgan fingerprint density at radius 2 is 2.11 bits per heavy atom. The number of hydrogen-bond donors (Lipinski definition) is 2. The number of hydrogen-bond acceptors (Lipinski definition) is 2. The normalized spacial score (nSPS) is 12.6. The maximum Gasteiger partial charge on any atom is 0.123 e. The molecule has 2 aromatic rings. The summed E-state index contributed by atoms with van der Waals surface area (Å²) < 4.78 is 0. The van der Waals surface area contributed by atoms with Gasteiger partial charge >= 0.3 is 0 Å². The first-order chi connectivity index (χ1) is 9.11. The number of aromatic amines is 1. The number of benzene rings is 1. The Morgan fingerprint density at radius 1 is 1.32 bits per heavy atom. The van der Waals surface area contributed by atoms with Crippen molar-refractivity contribution in [2.45, 2.75) is 46.1 Å². The standard InChI is InChI=1S/C16H23N3/c1-4-5-6-14(17)16-18-10-15(19-16)13-8-7-11(2)9-12(13)3/h7-10,14H,4-6,17H2,1-3H3,(H,18,19). The number of nitrogens with zero attached hydrogens (tertiary/aromatic N) is 1. The van der Waals surface area contributed by atoms with Crippen LogP contribution in [0.2, 0.25) is 0 Å². The molecule has 3 N–H and O–H groups in total. The van der Waals surface area contributed by atoms with Crippen LogP contribution in [0.4, 0.5) is 0 Å². The lowest BCUT2D eigenvalue weighted by Gasteiger charge is -2.08. The van der Waals surface area contributed by atoms with Crippen LogP contribution in [-0.2, 0) is 0 Å². The first kappa shape index (κ1) is 13.8. The Hall–Kier alpha value is -1.61. The van der Waals surface area contributed by atoms with Crippen molar-refractivity contribution in [3.63, 3.8) is 0 Å². The molecule has 0 spiro atoms. The van der Waals surface area contributed by atoms with E-state index in [9.17, 15) is 0 Å². The molecular weight excluding hydrogens is 234 g/mol. The Labute approximate surface area is 115 Å². The minimum Gasteiger partial charge on any atom is -0.341 e. The van der Waals surface area contributed by atoms with Crippen molar-refractivity contribution >= 4 is 0 Å². The van der Waals surface area contributed by atoms with Gasteiger partial charge in [0.05, 0.1) is 17.9 Å². The van der Waals surface area contributed by atoms with Crippen molar-refractivity contribution in [1.29, 1.82) is 0 Å². The molecule has 1 unspecified atom stereocenters. The molecule has 0 saturated carbocycles. The Balaban J connectivity index is 2.20. The molecule has 1 atom stereocenters. The third-order valence-corrected chi connectivity index (χ3v) is 3.49. The second-order valence-corrected chi connectivity index (χ2v) is 5.25. The maximum absolute atomic E-state index is 6.14. The average Bonchev–Trinajstić information content (AvgIpc) is 2.85. The summed E-state index contributed by atoms with van der Waals surface area (Å²) in [7, 11) is 0. The predicted molar refractivity (Wildman–Crippen MR) is 80.0 cm³/mol. The van der Waals surface area contributed by atoms with E-state index in [1.54, 1.807) is 0 Å². The zero-order valence-electron chi connectivity index (χ0n) is 12.0. The molecule has 0 amide bonds. The summed E-state index contributed by atoms with van der Waals surface area (Å²) in [5, 5.41) is 0. The van der Waals surface area contributed by atoms with Crippen LogP contribution in [-0.4, -0.2) is 9.97 Å². The molecule has 0 aliphatic rings. The second kappa shape index (κ2) is 6.02. The van der Waals surface area contributed by atoms with Gasteiger partial charge in [-0.1, -0.05) is 43.5 Å².